The van der Waals surface area contributed by atoms with E-state index in [1.165, 1.54) is 6.07 Å². The molecule has 1 aliphatic rings. The number of rotatable bonds is 3. The van der Waals surface area contributed by atoms with E-state index in [0.717, 1.165) is 25.3 Å². The summed E-state index contributed by atoms with van der Waals surface area (Å²) in [6.45, 7) is 4.77. The average molecular weight is 275 g/mol. The number of nitrogens with one attached hydrogen (secondary N) is 2. The number of aromatic nitrogens is 4. The van der Waals surface area contributed by atoms with Crippen LogP contribution in [0.5, 0.6) is 0 Å². The molecule has 1 atom stereocenters. The molecule has 2 N–H and O–H groups in total. The molecule has 0 spiro atoms. The number of aryl methyl sites for hydroxylation is 1. The molecule has 1 aliphatic heterocycles. The third-order valence-corrected chi connectivity index (χ3v) is 3.31. The maximum atomic E-state index is 11.5. The molecule has 0 unspecified atom stereocenters. The van der Waals surface area contributed by atoms with Gasteiger partial charge in [0.05, 0.1) is 12.3 Å². The molecule has 0 bridgehead atoms. The first-order chi connectivity index (χ1) is 9.70. The fraction of sp³-hybridized carbons (Fsp3) is 0.462. The Morgan fingerprint density at radius 3 is 3.20 bits per heavy atom. The van der Waals surface area contributed by atoms with Crippen molar-refractivity contribution < 1.29 is 4.74 Å². The second-order valence-corrected chi connectivity index (χ2v) is 4.93. The SMILES string of the molecule is Cc1nc([C@@H]2CN(Cc3ccn[nH]3)CCO2)cc(=O)[nH]1. The minimum Gasteiger partial charge on any atom is -0.369 e. The smallest absolute Gasteiger partial charge is 0.251 e. The molecule has 1 saturated heterocycles. The van der Waals surface area contributed by atoms with E-state index < -0.39 is 0 Å². The van der Waals surface area contributed by atoms with Crippen molar-refractivity contribution in [3.05, 3.63) is 45.9 Å². The molecular formula is C13H17N5O2. The Hall–Kier alpha value is -1.99. The van der Waals surface area contributed by atoms with Crippen LogP contribution in [0.25, 0.3) is 0 Å². The molecule has 106 valence electrons. The zero-order valence-corrected chi connectivity index (χ0v) is 11.3. The van der Waals surface area contributed by atoms with E-state index >= 15 is 0 Å². The Morgan fingerprint density at radius 1 is 1.55 bits per heavy atom. The van der Waals surface area contributed by atoms with Crippen LogP contribution in [0.3, 0.4) is 0 Å². The quantitative estimate of drug-likeness (QED) is 0.845. The van der Waals surface area contributed by atoms with Gasteiger partial charge in [0.15, 0.2) is 0 Å². The van der Waals surface area contributed by atoms with Crippen LogP contribution >= 0.6 is 0 Å². The summed E-state index contributed by atoms with van der Waals surface area (Å²) in [5, 5.41) is 6.90. The molecule has 0 amide bonds. The Balaban J connectivity index is 1.72. The lowest BCUT2D eigenvalue weighted by atomic mass is 10.2. The molecule has 0 aliphatic carbocycles. The van der Waals surface area contributed by atoms with Gasteiger partial charge in [-0.15, -0.1) is 0 Å². The zero-order valence-electron chi connectivity index (χ0n) is 11.3. The van der Waals surface area contributed by atoms with Crippen LogP contribution in [0.2, 0.25) is 0 Å². The summed E-state index contributed by atoms with van der Waals surface area (Å²) in [6, 6.07) is 3.47. The van der Waals surface area contributed by atoms with Crippen molar-refractivity contribution in [2.45, 2.75) is 19.6 Å². The van der Waals surface area contributed by atoms with Crippen molar-refractivity contribution in [1.82, 2.24) is 25.1 Å². The Morgan fingerprint density at radius 2 is 2.45 bits per heavy atom. The summed E-state index contributed by atoms with van der Waals surface area (Å²) in [4.78, 5) is 20.8. The van der Waals surface area contributed by atoms with Crippen LogP contribution in [-0.2, 0) is 11.3 Å². The van der Waals surface area contributed by atoms with Crippen molar-refractivity contribution in [2.24, 2.45) is 0 Å². The molecule has 3 rings (SSSR count). The standard InChI is InChI=1S/C13H17N5O2/c1-9-15-11(6-13(19)16-9)12-8-18(4-5-20-12)7-10-2-3-14-17-10/h2-3,6,12H,4-5,7-8H2,1H3,(H,14,17)(H,15,16,19)/t12-/m0/s1. The zero-order chi connectivity index (χ0) is 13.9. The molecule has 2 aromatic heterocycles. The number of hydrogen-bond acceptors (Lipinski definition) is 5. The van der Waals surface area contributed by atoms with Crippen molar-refractivity contribution in [1.29, 1.82) is 0 Å². The first-order valence-electron chi connectivity index (χ1n) is 6.61. The summed E-state index contributed by atoms with van der Waals surface area (Å²) in [5.74, 6) is 0.613. The molecular weight excluding hydrogens is 258 g/mol. The van der Waals surface area contributed by atoms with Crippen molar-refractivity contribution in [2.75, 3.05) is 19.7 Å². The monoisotopic (exact) mass is 275 g/mol. The number of hydrogen-bond donors (Lipinski definition) is 2. The number of nitrogens with zero attached hydrogens (tertiary/aromatic N) is 3. The molecule has 20 heavy (non-hydrogen) atoms. The Labute approximate surface area is 116 Å². The molecule has 2 aromatic rings. The highest BCUT2D eigenvalue weighted by atomic mass is 16.5. The lowest BCUT2D eigenvalue weighted by Gasteiger charge is -2.32. The van der Waals surface area contributed by atoms with Gasteiger partial charge < -0.3 is 9.72 Å². The third kappa shape index (κ3) is 2.94. The predicted octanol–water partition coefficient (Wildman–Crippen LogP) is 0.375. The number of ether oxygens (including phenoxy) is 1. The predicted molar refractivity (Wildman–Crippen MR) is 72.2 cm³/mol. The highest BCUT2D eigenvalue weighted by molar-refractivity contribution is 5.07. The van der Waals surface area contributed by atoms with E-state index in [0.29, 0.717) is 18.1 Å². The lowest BCUT2D eigenvalue weighted by molar-refractivity contribution is -0.0355. The lowest BCUT2D eigenvalue weighted by Crippen LogP contribution is -2.38. The normalized spacial score (nSPS) is 20.1. The Bertz CT molecular complexity index is 622. The Kier molecular flexibility index (Phi) is 3.62. The van der Waals surface area contributed by atoms with Gasteiger partial charge in [-0.3, -0.25) is 14.8 Å². The minimum absolute atomic E-state index is 0.137. The van der Waals surface area contributed by atoms with Gasteiger partial charge in [-0.2, -0.15) is 5.10 Å². The second kappa shape index (κ2) is 5.56. The van der Waals surface area contributed by atoms with Gasteiger partial charge in [-0.25, -0.2) is 4.98 Å². The van der Waals surface area contributed by atoms with Crippen LogP contribution < -0.4 is 5.56 Å². The van der Waals surface area contributed by atoms with Crippen LogP contribution in [0.15, 0.2) is 23.1 Å². The maximum Gasteiger partial charge on any atom is 0.251 e. The van der Waals surface area contributed by atoms with Crippen LogP contribution in [0.1, 0.15) is 23.3 Å². The largest absolute Gasteiger partial charge is 0.369 e. The highest BCUT2D eigenvalue weighted by Gasteiger charge is 2.23. The van der Waals surface area contributed by atoms with Crippen molar-refractivity contribution in [3.63, 3.8) is 0 Å². The van der Waals surface area contributed by atoms with E-state index in [1.54, 1.807) is 13.1 Å². The molecule has 7 nitrogen and oxygen atoms in total. The number of H-pyrrole nitrogens is 2. The first-order valence-corrected chi connectivity index (χ1v) is 6.61. The molecule has 7 heteroatoms. The summed E-state index contributed by atoms with van der Waals surface area (Å²) in [6.07, 6.45) is 1.59. The van der Waals surface area contributed by atoms with Gasteiger partial charge in [0.25, 0.3) is 5.56 Å². The summed E-state index contributed by atoms with van der Waals surface area (Å²) >= 11 is 0. The van der Waals surface area contributed by atoms with Crippen molar-refractivity contribution >= 4 is 0 Å². The van der Waals surface area contributed by atoms with E-state index in [9.17, 15) is 4.79 Å². The van der Waals surface area contributed by atoms with Crippen molar-refractivity contribution in [3.8, 4) is 0 Å². The summed E-state index contributed by atoms with van der Waals surface area (Å²) in [5.41, 5.74) is 1.63. The highest BCUT2D eigenvalue weighted by Crippen LogP contribution is 2.20. The molecule has 0 aromatic carbocycles. The van der Waals surface area contributed by atoms with E-state index in [4.69, 9.17) is 4.74 Å². The van der Waals surface area contributed by atoms with Crippen LogP contribution in [0.4, 0.5) is 0 Å². The van der Waals surface area contributed by atoms with Gasteiger partial charge >= 0.3 is 0 Å². The topological polar surface area (TPSA) is 86.9 Å². The average Bonchev–Trinajstić information content (AvgIpc) is 2.91. The van der Waals surface area contributed by atoms with Gasteiger partial charge in [0.2, 0.25) is 0 Å². The molecule has 0 saturated carbocycles. The second-order valence-electron chi connectivity index (χ2n) is 4.93. The summed E-state index contributed by atoms with van der Waals surface area (Å²) in [7, 11) is 0. The molecule has 1 fully saturated rings. The van der Waals surface area contributed by atoms with E-state index in [-0.39, 0.29) is 11.7 Å². The third-order valence-electron chi connectivity index (χ3n) is 3.31. The molecule has 0 radical (unpaired) electrons. The van der Waals surface area contributed by atoms with Crippen LogP contribution in [-0.4, -0.2) is 44.8 Å². The first kappa shape index (κ1) is 13.0. The van der Waals surface area contributed by atoms with E-state index in [1.807, 2.05) is 6.07 Å². The van der Waals surface area contributed by atoms with Crippen LogP contribution in [0, 0.1) is 6.92 Å². The fourth-order valence-corrected chi connectivity index (χ4v) is 2.41. The number of morpholine rings is 1. The van der Waals surface area contributed by atoms with Gasteiger partial charge in [0.1, 0.15) is 11.9 Å². The van der Waals surface area contributed by atoms with Gasteiger partial charge in [-0.05, 0) is 13.0 Å². The molecule has 3 heterocycles. The van der Waals surface area contributed by atoms with Gasteiger partial charge in [0, 0.05) is 37.6 Å². The fourth-order valence-electron chi connectivity index (χ4n) is 2.41. The minimum atomic E-state index is -0.160. The van der Waals surface area contributed by atoms with Gasteiger partial charge in [-0.1, -0.05) is 0 Å². The van der Waals surface area contributed by atoms with E-state index in [2.05, 4.69) is 25.1 Å². The maximum absolute atomic E-state index is 11.5. The summed E-state index contributed by atoms with van der Waals surface area (Å²) < 4.78 is 5.74. The number of aromatic amines is 2.